The summed E-state index contributed by atoms with van der Waals surface area (Å²) in [6.45, 7) is 2.40. The fourth-order valence-corrected chi connectivity index (χ4v) is 1.85. The largest absolute Gasteiger partial charge is 0.468 e. The van der Waals surface area contributed by atoms with Crippen molar-refractivity contribution in [2.45, 2.75) is 19.5 Å². The molecule has 1 atom stereocenters. The third-order valence-electron chi connectivity index (χ3n) is 2.15. The van der Waals surface area contributed by atoms with Gasteiger partial charge in [-0.2, -0.15) is 0 Å². The van der Waals surface area contributed by atoms with E-state index in [4.69, 9.17) is 0 Å². The van der Waals surface area contributed by atoms with Gasteiger partial charge in [0.25, 0.3) is 0 Å². The highest BCUT2D eigenvalue weighted by Crippen LogP contribution is 2.23. The van der Waals surface area contributed by atoms with Crippen molar-refractivity contribution in [3.05, 3.63) is 32.7 Å². The lowest BCUT2D eigenvalue weighted by Crippen LogP contribution is -2.34. The van der Waals surface area contributed by atoms with E-state index in [0.717, 1.165) is 14.5 Å². The normalized spacial score (nSPS) is 12.2. The van der Waals surface area contributed by atoms with Crippen LogP contribution in [0.25, 0.3) is 0 Å². The third-order valence-corrected chi connectivity index (χ3v) is 4.03. The van der Waals surface area contributed by atoms with Crippen molar-refractivity contribution in [2.75, 3.05) is 7.11 Å². The summed E-state index contributed by atoms with van der Waals surface area (Å²) < 4.78 is 6.63. The average molecular weight is 351 g/mol. The molecule has 0 aromatic heterocycles. The van der Waals surface area contributed by atoms with Crippen LogP contribution in [0.2, 0.25) is 0 Å². The van der Waals surface area contributed by atoms with Gasteiger partial charge in [-0.25, -0.2) is 0 Å². The van der Waals surface area contributed by atoms with Gasteiger partial charge >= 0.3 is 5.97 Å². The van der Waals surface area contributed by atoms with Gasteiger partial charge in [0.2, 0.25) is 0 Å². The molecule has 0 radical (unpaired) electrons. The first-order chi connectivity index (χ1) is 7.54. The minimum Gasteiger partial charge on any atom is -0.468 e. The van der Waals surface area contributed by atoms with Gasteiger partial charge < -0.3 is 10.1 Å². The lowest BCUT2D eigenvalue weighted by molar-refractivity contribution is -0.142. The standard InChI is InChI=1S/C11H13Br2NO2/c1-7(11(15)16-2)14-6-8-3-4-9(12)10(13)5-8/h3-5,7,14H,6H2,1-2H3. The van der Waals surface area contributed by atoms with Crippen molar-refractivity contribution >= 4 is 37.8 Å². The van der Waals surface area contributed by atoms with Crippen LogP contribution in [0.1, 0.15) is 12.5 Å². The first kappa shape index (κ1) is 13.7. The van der Waals surface area contributed by atoms with Gasteiger partial charge in [0, 0.05) is 15.5 Å². The summed E-state index contributed by atoms with van der Waals surface area (Å²) in [5, 5.41) is 3.09. The molecule has 88 valence electrons. The summed E-state index contributed by atoms with van der Waals surface area (Å²) in [7, 11) is 1.39. The second kappa shape index (κ2) is 6.37. The number of esters is 1. The van der Waals surface area contributed by atoms with Crippen LogP contribution >= 0.6 is 31.9 Å². The fraction of sp³-hybridized carbons (Fsp3) is 0.364. The second-order valence-corrected chi connectivity index (χ2v) is 5.08. The van der Waals surface area contributed by atoms with E-state index in [9.17, 15) is 4.79 Å². The Labute approximate surface area is 112 Å². The van der Waals surface area contributed by atoms with E-state index < -0.39 is 0 Å². The molecule has 1 N–H and O–H groups in total. The van der Waals surface area contributed by atoms with E-state index in [-0.39, 0.29) is 12.0 Å². The van der Waals surface area contributed by atoms with Crippen LogP contribution in [0.3, 0.4) is 0 Å². The second-order valence-electron chi connectivity index (χ2n) is 3.37. The Kier molecular flexibility index (Phi) is 5.44. The highest BCUT2D eigenvalue weighted by molar-refractivity contribution is 9.13. The summed E-state index contributed by atoms with van der Waals surface area (Å²) in [5.41, 5.74) is 1.10. The summed E-state index contributed by atoms with van der Waals surface area (Å²) >= 11 is 6.83. The zero-order valence-electron chi connectivity index (χ0n) is 9.09. The van der Waals surface area contributed by atoms with Crippen LogP contribution in [-0.4, -0.2) is 19.1 Å². The third kappa shape index (κ3) is 3.88. The van der Waals surface area contributed by atoms with Crippen LogP contribution < -0.4 is 5.32 Å². The number of hydrogen-bond donors (Lipinski definition) is 1. The minimum atomic E-state index is -0.299. The highest BCUT2D eigenvalue weighted by Gasteiger charge is 2.11. The number of carbonyl (C=O) groups is 1. The first-order valence-electron chi connectivity index (χ1n) is 4.79. The van der Waals surface area contributed by atoms with Crippen LogP contribution in [0, 0.1) is 0 Å². The van der Waals surface area contributed by atoms with E-state index in [2.05, 4.69) is 41.9 Å². The molecule has 0 aliphatic heterocycles. The maximum absolute atomic E-state index is 11.2. The van der Waals surface area contributed by atoms with Crippen molar-refractivity contribution in [2.24, 2.45) is 0 Å². The number of carbonyl (C=O) groups excluding carboxylic acids is 1. The number of ether oxygens (including phenoxy) is 1. The van der Waals surface area contributed by atoms with E-state index in [1.165, 1.54) is 7.11 Å². The van der Waals surface area contributed by atoms with Gasteiger partial charge in [0.15, 0.2) is 0 Å². The smallest absolute Gasteiger partial charge is 0.322 e. The molecule has 0 heterocycles. The molecule has 0 aliphatic rings. The Bertz CT molecular complexity index is 382. The number of rotatable bonds is 4. The van der Waals surface area contributed by atoms with Crippen LogP contribution in [0.4, 0.5) is 0 Å². The molecule has 0 fully saturated rings. The van der Waals surface area contributed by atoms with Gasteiger partial charge in [-0.15, -0.1) is 0 Å². The zero-order chi connectivity index (χ0) is 12.1. The molecular weight excluding hydrogens is 338 g/mol. The molecule has 1 aromatic rings. The average Bonchev–Trinajstić information content (AvgIpc) is 2.29. The maximum atomic E-state index is 11.2. The topological polar surface area (TPSA) is 38.3 Å². The Morgan fingerprint density at radius 2 is 2.12 bits per heavy atom. The van der Waals surface area contributed by atoms with Crippen molar-refractivity contribution < 1.29 is 9.53 Å². The number of methoxy groups -OCH3 is 1. The van der Waals surface area contributed by atoms with Gasteiger partial charge in [-0.3, -0.25) is 4.79 Å². The highest BCUT2D eigenvalue weighted by atomic mass is 79.9. The summed E-state index contributed by atoms with van der Waals surface area (Å²) in [6.07, 6.45) is 0. The molecule has 0 bridgehead atoms. The molecule has 3 nitrogen and oxygen atoms in total. The van der Waals surface area contributed by atoms with Crippen molar-refractivity contribution in [1.29, 1.82) is 0 Å². The first-order valence-corrected chi connectivity index (χ1v) is 6.38. The lowest BCUT2D eigenvalue weighted by atomic mass is 10.2. The molecule has 1 unspecified atom stereocenters. The molecular formula is C11H13Br2NO2. The van der Waals surface area contributed by atoms with Crippen LogP contribution in [-0.2, 0) is 16.1 Å². The number of benzene rings is 1. The van der Waals surface area contributed by atoms with Crippen molar-refractivity contribution in [3.63, 3.8) is 0 Å². The minimum absolute atomic E-state index is 0.254. The maximum Gasteiger partial charge on any atom is 0.322 e. The zero-order valence-corrected chi connectivity index (χ0v) is 12.3. The molecule has 1 aromatic carbocycles. The lowest BCUT2D eigenvalue weighted by Gasteiger charge is -2.11. The van der Waals surface area contributed by atoms with Gasteiger partial charge in [0.1, 0.15) is 6.04 Å². The molecule has 5 heteroatoms. The van der Waals surface area contributed by atoms with Crippen molar-refractivity contribution in [1.82, 2.24) is 5.32 Å². The van der Waals surface area contributed by atoms with Gasteiger partial charge in [0.05, 0.1) is 7.11 Å². The van der Waals surface area contributed by atoms with E-state index >= 15 is 0 Å². The molecule has 0 saturated heterocycles. The Morgan fingerprint density at radius 3 is 2.69 bits per heavy atom. The molecule has 1 rings (SSSR count). The summed E-state index contributed by atoms with van der Waals surface area (Å²) in [5.74, 6) is -0.254. The Balaban J connectivity index is 2.55. The predicted molar refractivity (Wildman–Crippen MR) is 70.2 cm³/mol. The monoisotopic (exact) mass is 349 g/mol. The molecule has 0 amide bonds. The van der Waals surface area contributed by atoms with Gasteiger partial charge in [-0.05, 0) is 56.5 Å². The molecule has 0 aliphatic carbocycles. The van der Waals surface area contributed by atoms with Crippen LogP contribution in [0.15, 0.2) is 27.1 Å². The van der Waals surface area contributed by atoms with E-state index in [1.807, 2.05) is 18.2 Å². The van der Waals surface area contributed by atoms with Crippen molar-refractivity contribution in [3.8, 4) is 0 Å². The Hall–Kier alpha value is -0.390. The Morgan fingerprint density at radius 1 is 1.44 bits per heavy atom. The number of nitrogens with one attached hydrogen (secondary N) is 1. The molecule has 0 saturated carbocycles. The number of hydrogen-bond acceptors (Lipinski definition) is 3. The van der Waals surface area contributed by atoms with E-state index in [1.54, 1.807) is 6.92 Å². The SMILES string of the molecule is COC(=O)C(C)NCc1ccc(Br)c(Br)c1. The quantitative estimate of drug-likeness (QED) is 0.848. The predicted octanol–water partition coefficient (Wildman–Crippen LogP) is 2.86. The summed E-state index contributed by atoms with van der Waals surface area (Å²) in [6, 6.07) is 5.66. The molecule has 0 spiro atoms. The molecule has 16 heavy (non-hydrogen) atoms. The summed E-state index contributed by atoms with van der Waals surface area (Å²) in [4.78, 5) is 11.2. The van der Waals surface area contributed by atoms with Crippen LogP contribution in [0.5, 0.6) is 0 Å². The fourth-order valence-electron chi connectivity index (χ4n) is 1.18. The van der Waals surface area contributed by atoms with E-state index in [0.29, 0.717) is 6.54 Å². The van der Waals surface area contributed by atoms with Gasteiger partial charge in [-0.1, -0.05) is 6.07 Å². The number of halogens is 2.